The molecule has 0 aromatic carbocycles. The third-order valence-corrected chi connectivity index (χ3v) is 1.52. The number of halogens is 2. The first-order chi connectivity index (χ1) is 6.02. The first kappa shape index (κ1) is 9.50. The van der Waals surface area contributed by atoms with Gasteiger partial charge in [0.05, 0.1) is 4.92 Å². The fourth-order valence-electron chi connectivity index (χ4n) is 0.845. The molecule has 1 rings (SSSR count). The van der Waals surface area contributed by atoms with Gasteiger partial charge in [0.25, 0.3) is 12.1 Å². The monoisotopic (exact) mass is 188 g/mol. The molecule has 1 heterocycles. The fourth-order valence-corrected chi connectivity index (χ4v) is 0.845. The molecule has 0 unspecified atom stereocenters. The summed E-state index contributed by atoms with van der Waals surface area (Å²) in [5.41, 5.74) is -0.628. The van der Waals surface area contributed by atoms with Gasteiger partial charge in [0.15, 0.2) is 0 Å². The molecule has 0 spiro atoms. The second kappa shape index (κ2) is 3.42. The molecule has 0 saturated carbocycles. The van der Waals surface area contributed by atoms with Crippen molar-refractivity contribution in [3.8, 4) is 0 Å². The molecule has 0 N–H and O–H groups in total. The smallest absolute Gasteiger partial charge is 0.258 e. The molecule has 6 heteroatoms. The van der Waals surface area contributed by atoms with Crippen LogP contribution < -0.4 is 0 Å². The Hall–Kier alpha value is -1.59. The van der Waals surface area contributed by atoms with Crippen LogP contribution in [-0.2, 0) is 0 Å². The molecular formula is C7H6F2N2O2. The van der Waals surface area contributed by atoms with E-state index in [2.05, 4.69) is 4.98 Å². The number of rotatable bonds is 2. The minimum atomic E-state index is -2.78. The summed E-state index contributed by atoms with van der Waals surface area (Å²) in [6.07, 6.45) is -1.71. The van der Waals surface area contributed by atoms with Crippen LogP contribution in [0.3, 0.4) is 0 Å². The molecule has 1 aromatic heterocycles. The summed E-state index contributed by atoms with van der Waals surface area (Å²) in [5.74, 6) is 0. The van der Waals surface area contributed by atoms with Gasteiger partial charge in [-0.1, -0.05) is 0 Å². The second-order valence-corrected chi connectivity index (χ2v) is 2.45. The van der Waals surface area contributed by atoms with Crippen LogP contribution >= 0.6 is 0 Å². The lowest BCUT2D eigenvalue weighted by molar-refractivity contribution is -0.385. The van der Waals surface area contributed by atoms with Crippen molar-refractivity contribution in [3.05, 3.63) is 33.6 Å². The summed E-state index contributed by atoms with van der Waals surface area (Å²) in [4.78, 5) is 13.0. The highest BCUT2D eigenvalue weighted by molar-refractivity contribution is 5.38. The van der Waals surface area contributed by atoms with Gasteiger partial charge in [0.1, 0.15) is 5.69 Å². The number of alkyl halides is 2. The lowest BCUT2D eigenvalue weighted by Gasteiger charge is -1.99. The topological polar surface area (TPSA) is 56.0 Å². The number of nitro groups is 1. The predicted molar refractivity (Wildman–Crippen MR) is 40.6 cm³/mol. The Morgan fingerprint density at radius 2 is 2.23 bits per heavy atom. The standard InChI is InChI=1S/C7H6F2N2O2/c1-4-3-10-5(7(8)9)2-6(4)11(12)13/h2-3,7H,1H3. The fraction of sp³-hybridized carbons (Fsp3) is 0.286. The van der Waals surface area contributed by atoms with Gasteiger partial charge in [-0.25, -0.2) is 8.78 Å². The molecule has 0 aliphatic rings. The Kier molecular flexibility index (Phi) is 2.50. The summed E-state index contributed by atoms with van der Waals surface area (Å²) >= 11 is 0. The molecule has 0 amide bonds. The van der Waals surface area contributed by atoms with Gasteiger partial charge in [0, 0.05) is 17.8 Å². The van der Waals surface area contributed by atoms with Crippen molar-refractivity contribution in [3.63, 3.8) is 0 Å². The molecule has 1 aromatic rings. The van der Waals surface area contributed by atoms with Crippen LogP contribution in [0.15, 0.2) is 12.3 Å². The van der Waals surface area contributed by atoms with Crippen molar-refractivity contribution in [1.82, 2.24) is 4.98 Å². The van der Waals surface area contributed by atoms with Crippen molar-refractivity contribution in [2.75, 3.05) is 0 Å². The van der Waals surface area contributed by atoms with Gasteiger partial charge >= 0.3 is 0 Å². The van der Waals surface area contributed by atoms with E-state index in [1.807, 2.05) is 0 Å². The highest BCUT2D eigenvalue weighted by Crippen LogP contribution is 2.23. The lowest BCUT2D eigenvalue weighted by atomic mass is 10.2. The highest BCUT2D eigenvalue weighted by atomic mass is 19.3. The second-order valence-electron chi connectivity index (χ2n) is 2.45. The van der Waals surface area contributed by atoms with Gasteiger partial charge in [-0.15, -0.1) is 0 Å². The molecule has 0 atom stereocenters. The predicted octanol–water partition coefficient (Wildman–Crippen LogP) is 2.24. The lowest BCUT2D eigenvalue weighted by Crippen LogP contribution is -1.96. The van der Waals surface area contributed by atoms with Crippen molar-refractivity contribution in [2.24, 2.45) is 0 Å². The molecule has 0 fully saturated rings. The maximum Gasteiger partial charge on any atom is 0.280 e. The van der Waals surface area contributed by atoms with E-state index in [1.54, 1.807) is 0 Å². The van der Waals surface area contributed by atoms with E-state index in [0.29, 0.717) is 0 Å². The van der Waals surface area contributed by atoms with Crippen LogP contribution in [-0.4, -0.2) is 9.91 Å². The van der Waals surface area contributed by atoms with Crippen molar-refractivity contribution >= 4 is 5.69 Å². The minimum absolute atomic E-state index is 0.273. The average Bonchev–Trinajstić information content (AvgIpc) is 2.04. The van der Waals surface area contributed by atoms with E-state index in [4.69, 9.17) is 0 Å². The Morgan fingerprint density at radius 3 is 2.69 bits per heavy atom. The first-order valence-electron chi connectivity index (χ1n) is 3.41. The van der Waals surface area contributed by atoms with E-state index < -0.39 is 17.0 Å². The molecule has 0 bridgehead atoms. The molecule has 0 radical (unpaired) electrons. The van der Waals surface area contributed by atoms with Crippen LogP contribution in [0.1, 0.15) is 17.7 Å². The third-order valence-electron chi connectivity index (χ3n) is 1.52. The number of aromatic nitrogens is 1. The Morgan fingerprint density at radius 1 is 1.62 bits per heavy atom. The zero-order chi connectivity index (χ0) is 10.0. The zero-order valence-corrected chi connectivity index (χ0v) is 6.70. The third kappa shape index (κ3) is 1.95. The average molecular weight is 188 g/mol. The van der Waals surface area contributed by atoms with E-state index >= 15 is 0 Å². The SMILES string of the molecule is Cc1cnc(C(F)F)cc1[N+](=O)[O-]. The van der Waals surface area contributed by atoms with Crippen LogP contribution in [0.25, 0.3) is 0 Å². The maximum absolute atomic E-state index is 12.1. The Balaban J connectivity index is 3.19. The summed E-state index contributed by atoms with van der Waals surface area (Å²) in [5, 5.41) is 10.3. The van der Waals surface area contributed by atoms with E-state index in [1.165, 1.54) is 6.92 Å². The van der Waals surface area contributed by atoms with Crippen LogP contribution in [0.2, 0.25) is 0 Å². The van der Waals surface area contributed by atoms with Crippen molar-refractivity contribution < 1.29 is 13.7 Å². The van der Waals surface area contributed by atoms with Crippen LogP contribution in [0.4, 0.5) is 14.5 Å². The summed E-state index contributed by atoms with van der Waals surface area (Å²) < 4.78 is 24.1. The van der Waals surface area contributed by atoms with Crippen molar-refractivity contribution in [2.45, 2.75) is 13.3 Å². The number of aryl methyl sites for hydroxylation is 1. The van der Waals surface area contributed by atoms with Gasteiger partial charge in [-0.05, 0) is 6.92 Å². The quantitative estimate of drug-likeness (QED) is 0.528. The molecule has 70 valence electrons. The molecular weight excluding hydrogens is 182 g/mol. The largest absolute Gasteiger partial charge is 0.280 e. The maximum atomic E-state index is 12.1. The molecule has 0 aliphatic carbocycles. The normalized spacial score (nSPS) is 10.5. The summed E-state index contributed by atoms with van der Waals surface area (Å²) in [7, 11) is 0. The van der Waals surface area contributed by atoms with Crippen LogP contribution in [0.5, 0.6) is 0 Å². The minimum Gasteiger partial charge on any atom is -0.258 e. The van der Waals surface area contributed by atoms with Crippen LogP contribution in [0, 0.1) is 17.0 Å². The molecule has 0 aliphatic heterocycles. The van der Waals surface area contributed by atoms with Gasteiger partial charge < -0.3 is 0 Å². The molecule has 0 saturated heterocycles. The number of hydrogen-bond donors (Lipinski definition) is 0. The number of nitrogens with zero attached hydrogens (tertiary/aromatic N) is 2. The van der Waals surface area contributed by atoms with E-state index in [9.17, 15) is 18.9 Å². The Labute approximate surface area is 72.4 Å². The van der Waals surface area contributed by atoms with E-state index in [-0.39, 0.29) is 11.3 Å². The van der Waals surface area contributed by atoms with Gasteiger partial charge in [-0.3, -0.25) is 15.1 Å². The highest BCUT2D eigenvalue weighted by Gasteiger charge is 2.16. The number of hydrogen-bond acceptors (Lipinski definition) is 3. The molecule has 13 heavy (non-hydrogen) atoms. The first-order valence-corrected chi connectivity index (χ1v) is 3.41. The zero-order valence-electron chi connectivity index (χ0n) is 6.70. The summed E-state index contributed by atoms with van der Waals surface area (Å²) in [6, 6.07) is 0.792. The van der Waals surface area contributed by atoms with Gasteiger partial charge in [0.2, 0.25) is 0 Å². The summed E-state index contributed by atoms with van der Waals surface area (Å²) in [6.45, 7) is 1.44. The van der Waals surface area contributed by atoms with Gasteiger partial charge in [-0.2, -0.15) is 0 Å². The molecule has 4 nitrogen and oxygen atoms in total. The Bertz CT molecular complexity index is 341. The van der Waals surface area contributed by atoms with E-state index in [0.717, 1.165) is 12.3 Å². The van der Waals surface area contributed by atoms with Crippen molar-refractivity contribution in [1.29, 1.82) is 0 Å². The number of pyridine rings is 1.